The van der Waals surface area contributed by atoms with Gasteiger partial charge in [-0.3, -0.25) is 0 Å². The molecule has 0 aliphatic rings. The summed E-state index contributed by atoms with van der Waals surface area (Å²) in [6.07, 6.45) is 0.922. The number of ether oxygens (including phenoxy) is 1. The second kappa shape index (κ2) is 7.00. The van der Waals surface area contributed by atoms with Crippen LogP contribution in [0.2, 0.25) is 0 Å². The van der Waals surface area contributed by atoms with Gasteiger partial charge >= 0.3 is 0 Å². The molecule has 0 fully saturated rings. The summed E-state index contributed by atoms with van der Waals surface area (Å²) in [7, 11) is 3.60. The van der Waals surface area contributed by atoms with E-state index < -0.39 is 0 Å². The molecule has 1 rings (SSSR count). The van der Waals surface area contributed by atoms with E-state index in [9.17, 15) is 4.39 Å². The zero-order valence-electron chi connectivity index (χ0n) is 10.2. The average molecular weight is 236 g/mol. The van der Waals surface area contributed by atoms with Crippen LogP contribution in [0.1, 0.15) is 17.5 Å². The maximum atomic E-state index is 13.6. The zero-order chi connectivity index (χ0) is 12.7. The Morgan fingerprint density at radius 2 is 2.24 bits per heavy atom. The fourth-order valence-electron chi connectivity index (χ4n) is 1.59. The van der Waals surface area contributed by atoms with Gasteiger partial charge in [-0.1, -0.05) is 6.07 Å². The second-order valence-corrected chi connectivity index (χ2v) is 4.00. The van der Waals surface area contributed by atoms with Crippen LogP contribution >= 0.6 is 0 Å². The van der Waals surface area contributed by atoms with Crippen LogP contribution in [0.15, 0.2) is 18.2 Å². The Hall–Kier alpha value is -1.44. The van der Waals surface area contributed by atoms with Crippen molar-refractivity contribution < 1.29 is 9.13 Å². The summed E-state index contributed by atoms with van der Waals surface area (Å²) in [6.45, 7) is 2.11. The van der Waals surface area contributed by atoms with Gasteiger partial charge < -0.3 is 9.64 Å². The number of halogens is 1. The number of nitrogens with zero attached hydrogens (tertiary/aromatic N) is 2. The Balaban J connectivity index is 2.54. The van der Waals surface area contributed by atoms with E-state index in [4.69, 9.17) is 10.00 Å². The fraction of sp³-hybridized carbons (Fsp3) is 0.462. The molecule has 0 radical (unpaired) electrons. The predicted molar refractivity (Wildman–Crippen MR) is 63.9 cm³/mol. The molecule has 4 heteroatoms. The highest BCUT2D eigenvalue weighted by atomic mass is 19.1. The summed E-state index contributed by atoms with van der Waals surface area (Å²) in [6, 6.07) is 6.50. The van der Waals surface area contributed by atoms with Gasteiger partial charge in [-0.25, -0.2) is 4.39 Å². The van der Waals surface area contributed by atoms with Crippen LogP contribution in [0.5, 0.6) is 0 Å². The number of hydrogen-bond donors (Lipinski definition) is 0. The lowest BCUT2D eigenvalue weighted by molar-refractivity contribution is 0.178. The highest BCUT2D eigenvalue weighted by Crippen LogP contribution is 2.12. The molecule has 0 heterocycles. The molecule has 0 aliphatic heterocycles. The van der Waals surface area contributed by atoms with Crippen LogP contribution in [-0.2, 0) is 11.3 Å². The number of methoxy groups -OCH3 is 1. The van der Waals surface area contributed by atoms with Gasteiger partial charge in [0.25, 0.3) is 0 Å². The molecular formula is C13H17FN2O. The van der Waals surface area contributed by atoms with Gasteiger partial charge in [-0.05, 0) is 25.6 Å². The van der Waals surface area contributed by atoms with E-state index >= 15 is 0 Å². The van der Waals surface area contributed by atoms with Gasteiger partial charge in [0.1, 0.15) is 5.82 Å². The third-order valence-electron chi connectivity index (χ3n) is 2.51. The Labute approximate surface area is 101 Å². The summed E-state index contributed by atoms with van der Waals surface area (Å²) in [5.41, 5.74) is 0.970. The third-order valence-corrected chi connectivity index (χ3v) is 2.51. The number of nitriles is 1. The van der Waals surface area contributed by atoms with Crippen molar-refractivity contribution in [3.05, 3.63) is 35.1 Å². The van der Waals surface area contributed by atoms with Crippen LogP contribution < -0.4 is 0 Å². The van der Waals surface area contributed by atoms with Crippen LogP contribution in [-0.4, -0.2) is 32.2 Å². The fourth-order valence-corrected chi connectivity index (χ4v) is 1.59. The van der Waals surface area contributed by atoms with Crippen molar-refractivity contribution >= 4 is 0 Å². The summed E-state index contributed by atoms with van der Waals surface area (Å²) in [4.78, 5) is 2.03. The molecule has 0 atom stereocenters. The first-order valence-corrected chi connectivity index (χ1v) is 5.53. The SMILES string of the molecule is COCCCN(C)Cc1ccc(C#N)cc1F. The lowest BCUT2D eigenvalue weighted by Crippen LogP contribution is -2.20. The van der Waals surface area contributed by atoms with Gasteiger partial charge in [-0.2, -0.15) is 5.26 Å². The van der Waals surface area contributed by atoms with E-state index in [0.29, 0.717) is 24.3 Å². The molecule has 17 heavy (non-hydrogen) atoms. The normalized spacial score (nSPS) is 10.5. The summed E-state index contributed by atoms with van der Waals surface area (Å²) in [5, 5.41) is 8.64. The highest BCUT2D eigenvalue weighted by Gasteiger charge is 2.06. The van der Waals surface area contributed by atoms with Crippen LogP contribution in [0.25, 0.3) is 0 Å². The van der Waals surface area contributed by atoms with Crippen molar-refractivity contribution in [1.82, 2.24) is 4.90 Å². The standard InChI is InChI=1S/C13H17FN2O/c1-16(6-3-7-17-2)10-12-5-4-11(9-15)8-13(12)14/h4-5,8H,3,6-7,10H2,1-2H3. The van der Waals surface area contributed by atoms with E-state index in [0.717, 1.165) is 13.0 Å². The van der Waals surface area contributed by atoms with E-state index in [-0.39, 0.29) is 5.82 Å². The summed E-state index contributed by atoms with van der Waals surface area (Å²) >= 11 is 0. The van der Waals surface area contributed by atoms with Gasteiger partial charge in [0, 0.05) is 32.4 Å². The maximum Gasteiger partial charge on any atom is 0.129 e. The molecular weight excluding hydrogens is 219 g/mol. The molecule has 0 amide bonds. The Kier molecular flexibility index (Phi) is 5.61. The molecule has 1 aromatic rings. The topological polar surface area (TPSA) is 36.3 Å². The minimum absolute atomic E-state index is 0.317. The van der Waals surface area contributed by atoms with Crippen molar-refractivity contribution in [1.29, 1.82) is 5.26 Å². The maximum absolute atomic E-state index is 13.6. The van der Waals surface area contributed by atoms with Crippen molar-refractivity contribution in [2.24, 2.45) is 0 Å². The van der Waals surface area contributed by atoms with Gasteiger partial charge in [0.05, 0.1) is 11.6 Å². The zero-order valence-corrected chi connectivity index (χ0v) is 10.2. The van der Waals surface area contributed by atoms with Gasteiger partial charge in [0.15, 0.2) is 0 Å². The largest absolute Gasteiger partial charge is 0.385 e. The average Bonchev–Trinajstić information content (AvgIpc) is 2.32. The molecule has 0 spiro atoms. The van der Waals surface area contributed by atoms with Crippen molar-refractivity contribution in [3.63, 3.8) is 0 Å². The lowest BCUT2D eigenvalue weighted by Gasteiger charge is -2.16. The van der Waals surface area contributed by atoms with Crippen LogP contribution in [0.4, 0.5) is 4.39 Å². The first-order chi connectivity index (χ1) is 8.17. The molecule has 0 bridgehead atoms. The second-order valence-electron chi connectivity index (χ2n) is 4.00. The van der Waals surface area contributed by atoms with Crippen molar-refractivity contribution in [2.45, 2.75) is 13.0 Å². The minimum Gasteiger partial charge on any atom is -0.385 e. The minimum atomic E-state index is -0.317. The number of hydrogen-bond acceptors (Lipinski definition) is 3. The molecule has 0 saturated carbocycles. The molecule has 92 valence electrons. The molecule has 0 aromatic heterocycles. The Bertz CT molecular complexity index is 401. The first-order valence-electron chi connectivity index (χ1n) is 5.53. The summed E-state index contributed by atoms with van der Waals surface area (Å²) in [5.74, 6) is -0.317. The predicted octanol–water partition coefficient (Wildman–Crippen LogP) is 2.17. The smallest absolute Gasteiger partial charge is 0.129 e. The Morgan fingerprint density at radius 3 is 2.82 bits per heavy atom. The van der Waals surface area contributed by atoms with Crippen molar-refractivity contribution in [2.75, 3.05) is 27.3 Å². The van der Waals surface area contributed by atoms with E-state index in [1.807, 2.05) is 18.0 Å². The Morgan fingerprint density at radius 1 is 1.47 bits per heavy atom. The third kappa shape index (κ3) is 4.51. The molecule has 0 N–H and O–H groups in total. The van der Waals surface area contributed by atoms with E-state index in [2.05, 4.69) is 0 Å². The van der Waals surface area contributed by atoms with E-state index in [1.165, 1.54) is 6.07 Å². The first kappa shape index (κ1) is 13.6. The van der Waals surface area contributed by atoms with Crippen LogP contribution in [0.3, 0.4) is 0 Å². The molecule has 1 aromatic carbocycles. The highest BCUT2D eigenvalue weighted by molar-refractivity contribution is 5.32. The van der Waals surface area contributed by atoms with Gasteiger partial charge in [-0.15, -0.1) is 0 Å². The lowest BCUT2D eigenvalue weighted by atomic mass is 10.1. The molecule has 3 nitrogen and oxygen atoms in total. The monoisotopic (exact) mass is 236 g/mol. The van der Waals surface area contributed by atoms with Crippen LogP contribution in [0, 0.1) is 17.1 Å². The summed E-state index contributed by atoms with van der Waals surface area (Å²) < 4.78 is 18.5. The number of benzene rings is 1. The molecule has 0 saturated heterocycles. The number of rotatable bonds is 6. The van der Waals surface area contributed by atoms with Crippen molar-refractivity contribution in [3.8, 4) is 6.07 Å². The molecule has 0 unspecified atom stereocenters. The van der Waals surface area contributed by atoms with Gasteiger partial charge in [0.2, 0.25) is 0 Å². The van der Waals surface area contributed by atoms with E-state index in [1.54, 1.807) is 19.2 Å². The molecule has 0 aliphatic carbocycles. The quantitative estimate of drug-likeness (QED) is 0.710.